The fourth-order valence-corrected chi connectivity index (χ4v) is 10.7. The van der Waals surface area contributed by atoms with Gasteiger partial charge in [-0.25, -0.2) is 0 Å². The maximum Gasteiger partial charge on any atom is 0.186 e. The summed E-state index contributed by atoms with van der Waals surface area (Å²) < 4.78 is 23.1. The van der Waals surface area contributed by atoms with E-state index in [1.807, 2.05) is 0 Å². The van der Waals surface area contributed by atoms with Gasteiger partial charge >= 0.3 is 0 Å². The summed E-state index contributed by atoms with van der Waals surface area (Å²) in [5, 5.41) is 84.0. The van der Waals surface area contributed by atoms with Crippen molar-refractivity contribution in [1.82, 2.24) is 0 Å². The first-order chi connectivity index (χ1) is 21.7. The van der Waals surface area contributed by atoms with Crippen molar-refractivity contribution in [1.29, 1.82) is 0 Å². The molecule has 13 nitrogen and oxygen atoms in total. The maximum atomic E-state index is 12.5. The normalized spacial score (nSPS) is 55.7. The highest BCUT2D eigenvalue weighted by molar-refractivity contribution is 5.80. The number of Topliss-reactive ketones (excluding diaryl/α,β-unsaturated/α-hetero) is 1. The van der Waals surface area contributed by atoms with Gasteiger partial charge in [0.15, 0.2) is 12.6 Å². The van der Waals surface area contributed by atoms with E-state index in [0.717, 1.165) is 44.9 Å². The molecular formula is C33H54O13. The van der Waals surface area contributed by atoms with Crippen LogP contribution in [0.4, 0.5) is 0 Å². The quantitative estimate of drug-likeness (QED) is 0.160. The van der Waals surface area contributed by atoms with E-state index in [1.54, 1.807) is 6.92 Å². The van der Waals surface area contributed by atoms with Crippen molar-refractivity contribution in [2.45, 2.75) is 152 Å². The van der Waals surface area contributed by atoms with Gasteiger partial charge in [-0.2, -0.15) is 0 Å². The number of carbonyl (C=O) groups excluding carboxylic acids is 1. The van der Waals surface area contributed by atoms with E-state index in [1.165, 1.54) is 0 Å². The highest BCUT2D eigenvalue weighted by atomic mass is 16.7. The molecule has 4 saturated carbocycles. The number of ketones is 1. The Kier molecular flexibility index (Phi) is 9.76. The molecule has 0 spiro atoms. The second-order valence-electron chi connectivity index (χ2n) is 15.7. The molecule has 0 amide bonds. The molecule has 264 valence electrons. The molecule has 0 unspecified atom stereocenters. The Hall–Kier alpha value is -0.810. The van der Waals surface area contributed by atoms with Crippen molar-refractivity contribution < 1.29 is 64.6 Å². The minimum Gasteiger partial charge on any atom is -0.394 e. The van der Waals surface area contributed by atoms with Gasteiger partial charge in [0.2, 0.25) is 0 Å². The number of rotatable bonds is 7. The molecule has 8 N–H and O–H groups in total. The molecule has 6 rings (SSSR count). The zero-order chi connectivity index (χ0) is 33.3. The molecule has 2 aliphatic heterocycles. The number of ether oxygens (including phenoxy) is 4. The minimum atomic E-state index is -1.64. The van der Waals surface area contributed by atoms with Crippen LogP contribution in [0.2, 0.25) is 0 Å². The smallest absolute Gasteiger partial charge is 0.186 e. The van der Waals surface area contributed by atoms with Crippen LogP contribution in [0.3, 0.4) is 0 Å². The van der Waals surface area contributed by atoms with Crippen LogP contribution >= 0.6 is 0 Å². The maximum absolute atomic E-state index is 12.5. The largest absolute Gasteiger partial charge is 0.394 e. The molecule has 0 aromatic carbocycles. The lowest BCUT2D eigenvalue weighted by molar-refractivity contribution is -0.338. The van der Waals surface area contributed by atoms with Crippen LogP contribution < -0.4 is 0 Å². The molecule has 2 saturated heterocycles. The third-order valence-corrected chi connectivity index (χ3v) is 13.6. The van der Waals surface area contributed by atoms with Gasteiger partial charge in [0.05, 0.1) is 24.9 Å². The van der Waals surface area contributed by atoms with E-state index in [4.69, 9.17) is 18.9 Å². The monoisotopic (exact) mass is 658 g/mol. The SMILES string of the molecule is CC(=O)[C@H]1CC[C@]2(O)[C@@H]3CC[C@H]4C[C@@H](O[C@@H]5O[C@H](CO[C@@H]6O[C@H](CO)[C@@H](O)[C@H](O)[C@H]6O)[C@@H](O)[C@H](O)[C@H]5O)CC[C@]4(C)[C@H]3CC[C@]12C. The summed E-state index contributed by atoms with van der Waals surface area (Å²) in [6.07, 6.45) is -7.50. The first kappa shape index (κ1) is 35.0. The zero-order valence-electron chi connectivity index (χ0n) is 27.1. The third-order valence-electron chi connectivity index (χ3n) is 13.6. The Morgan fingerprint density at radius 3 is 2.09 bits per heavy atom. The fraction of sp³-hybridized carbons (Fsp3) is 0.970. The molecule has 18 atom stereocenters. The van der Waals surface area contributed by atoms with Crippen molar-refractivity contribution in [2.75, 3.05) is 13.2 Å². The summed E-state index contributed by atoms with van der Waals surface area (Å²) >= 11 is 0. The zero-order valence-corrected chi connectivity index (χ0v) is 27.1. The molecule has 0 aromatic heterocycles. The Morgan fingerprint density at radius 1 is 0.761 bits per heavy atom. The Labute approximate surface area is 269 Å². The predicted molar refractivity (Wildman–Crippen MR) is 159 cm³/mol. The molecule has 6 fully saturated rings. The van der Waals surface area contributed by atoms with Gasteiger partial charge in [0, 0.05) is 11.3 Å². The predicted octanol–water partition coefficient (Wildman–Crippen LogP) is -0.641. The number of hydrogen-bond acceptors (Lipinski definition) is 13. The summed E-state index contributed by atoms with van der Waals surface area (Å²) in [4.78, 5) is 12.5. The second-order valence-corrected chi connectivity index (χ2v) is 15.7. The van der Waals surface area contributed by atoms with Crippen LogP contribution in [0.25, 0.3) is 0 Å². The molecule has 4 aliphatic carbocycles. The number of aliphatic hydroxyl groups is 8. The van der Waals surface area contributed by atoms with Crippen LogP contribution in [0.15, 0.2) is 0 Å². The molecule has 6 aliphatic rings. The van der Waals surface area contributed by atoms with Gasteiger partial charge in [-0.15, -0.1) is 0 Å². The first-order valence-corrected chi connectivity index (χ1v) is 17.2. The van der Waals surface area contributed by atoms with E-state index in [2.05, 4.69) is 13.8 Å². The highest BCUT2D eigenvalue weighted by Gasteiger charge is 2.68. The van der Waals surface area contributed by atoms with Gasteiger partial charge in [0.1, 0.15) is 54.6 Å². The van der Waals surface area contributed by atoms with Crippen molar-refractivity contribution in [3.8, 4) is 0 Å². The van der Waals surface area contributed by atoms with E-state index in [0.29, 0.717) is 24.7 Å². The molecule has 2 heterocycles. The average molecular weight is 659 g/mol. The summed E-state index contributed by atoms with van der Waals surface area (Å²) in [7, 11) is 0. The summed E-state index contributed by atoms with van der Waals surface area (Å²) in [6, 6.07) is 0. The molecule has 0 aromatic rings. The fourth-order valence-electron chi connectivity index (χ4n) is 10.7. The molecule has 0 radical (unpaired) electrons. The summed E-state index contributed by atoms with van der Waals surface area (Å²) in [5.41, 5.74) is -1.22. The summed E-state index contributed by atoms with van der Waals surface area (Å²) in [6.45, 7) is 5.10. The van der Waals surface area contributed by atoms with E-state index in [-0.39, 0.29) is 34.6 Å². The highest BCUT2D eigenvalue weighted by Crippen LogP contribution is 2.69. The van der Waals surface area contributed by atoms with Crippen LogP contribution in [0.5, 0.6) is 0 Å². The van der Waals surface area contributed by atoms with E-state index >= 15 is 0 Å². The first-order valence-electron chi connectivity index (χ1n) is 17.2. The molecular weight excluding hydrogens is 604 g/mol. The Balaban J connectivity index is 1.08. The second kappa shape index (κ2) is 12.8. The third kappa shape index (κ3) is 5.50. The van der Waals surface area contributed by atoms with E-state index in [9.17, 15) is 45.6 Å². The Morgan fingerprint density at radius 2 is 1.41 bits per heavy atom. The topological polar surface area (TPSA) is 216 Å². The summed E-state index contributed by atoms with van der Waals surface area (Å²) in [5.74, 6) is 0.913. The lowest BCUT2D eigenvalue weighted by atomic mass is 9.43. The van der Waals surface area contributed by atoms with Crippen molar-refractivity contribution in [3.05, 3.63) is 0 Å². The molecule has 0 bridgehead atoms. The lowest BCUT2D eigenvalue weighted by Crippen LogP contribution is -2.63. The van der Waals surface area contributed by atoms with E-state index < -0.39 is 80.2 Å². The van der Waals surface area contributed by atoms with Gasteiger partial charge in [-0.05, 0) is 87.9 Å². The van der Waals surface area contributed by atoms with Crippen molar-refractivity contribution in [3.63, 3.8) is 0 Å². The number of fused-ring (bicyclic) bond motifs is 5. The van der Waals surface area contributed by atoms with Crippen LogP contribution in [0, 0.1) is 34.5 Å². The molecule has 46 heavy (non-hydrogen) atoms. The van der Waals surface area contributed by atoms with Crippen LogP contribution in [-0.2, 0) is 23.7 Å². The average Bonchev–Trinajstić information content (AvgIpc) is 3.31. The van der Waals surface area contributed by atoms with Crippen molar-refractivity contribution in [2.24, 2.45) is 34.5 Å². The number of aliphatic hydroxyl groups excluding tert-OH is 7. The van der Waals surface area contributed by atoms with Crippen LogP contribution in [-0.4, -0.2) is 133 Å². The Bertz CT molecular complexity index is 1110. The van der Waals surface area contributed by atoms with Gasteiger partial charge < -0.3 is 59.8 Å². The standard InChI is InChI=1S/C33H54O13/c1-15(35)18-8-11-33(42)20-5-4-16-12-17(6-9-31(16,2)19(20)7-10-32(18,33)3)44-30-28(41)26(39)24(37)22(46-30)14-43-29-27(40)25(38)23(36)21(13-34)45-29/h16-30,34,36-42H,4-14H2,1-3H3/t16-,17-,18+,19-,20+,21+,22+,23+,24+,25-,26-,27+,28+,29+,30+,31-,32+,33-/m0/s1. The van der Waals surface area contributed by atoms with Gasteiger partial charge in [0.25, 0.3) is 0 Å². The number of carbonyl (C=O) groups is 1. The number of hydrogen-bond donors (Lipinski definition) is 8. The van der Waals surface area contributed by atoms with Gasteiger partial charge in [-0.3, -0.25) is 4.79 Å². The van der Waals surface area contributed by atoms with Gasteiger partial charge in [-0.1, -0.05) is 13.8 Å². The minimum absolute atomic E-state index is 0.00231. The molecule has 13 heteroatoms. The lowest BCUT2D eigenvalue weighted by Gasteiger charge is -2.63. The van der Waals surface area contributed by atoms with Crippen molar-refractivity contribution >= 4 is 5.78 Å². The van der Waals surface area contributed by atoms with Crippen LogP contribution in [0.1, 0.15) is 78.6 Å².